The average Bonchev–Trinajstić information content (AvgIpc) is 2.84. The number of unbranched alkanes of at least 4 members (excludes halogenated alkanes) is 17. The number of ether oxygens (including phenoxy) is 1. The van der Waals surface area contributed by atoms with E-state index in [1.54, 1.807) is 0 Å². The molecule has 0 bridgehead atoms. The summed E-state index contributed by atoms with van der Waals surface area (Å²) < 4.78 is 6.01. The zero-order chi connectivity index (χ0) is 26.7. The van der Waals surface area contributed by atoms with Crippen LogP contribution in [0.15, 0.2) is 0 Å². The van der Waals surface area contributed by atoms with Gasteiger partial charge in [-0.15, -0.1) is 0 Å². The van der Waals surface area contributed by atoms with Gasteiger partial charge in [0.2, 0.25) is 0 Å². The standard InChI is InChI=1S/C34H68O2/c1-6-8-10-23-27-32(5)30-33(28-24-11-9-7-2)36-34(35)29-25-21-19-17-15-13-12-14-16-18-20-22-26-31(3)4/h31-33H,6-30H2,1-5H3. The van der Waals surface area contributed by atoms with E-state index < -0.39 is 0 Å². The van der Waals surface area contributed by atoms with Crippen LogP contribution in [0, 0.1) is 11.8 Å². The number of rotatable bonds is 28. The van der Waals surface area contributed by atoms with Crippen LogP contribution in [0.2, 0.25) is 0 Å². The van der Waals surface area contributed by atoms with Crippen LogP contribution in [0.1, 0.15) is 195 Å². The first-order valence-corrected chi connectivity index (χ1v) is 16.7. The van der Waals surface area contributed by atoms with Crippen molar-refractivity contribution in [2.24, 2.45) is 11.8 Å². The first-order chi connectivity index (χ1) is 17.5. The van der Waals surface area contributed by atoms with Crippen LogP contribution in [0.25, 0.3) is 0 Å². The van der Waals surface area contributed by atoms with Gasteiger partial charge >= 0.3 is 5.97 Å². The van der Waals surface area contributed by atoms with Crippen molar-refractivity contribution in [1.82, 2.24) is 0 Å². The average molecular weight is 509 g/mol. The molecule has 0 fully saturated rings. The smallest absolute Gasteiger partial charge is 0.306 e. The van der Waals surface area contributed by atoms with E-state index in [-0.39, 0.29) is 12.1 Å². The molecule has 0 aliphatic carbocycles. The molecule has 2 nitrogen and oxygen atoms in total. The molecule has 0 aliphatic heterocycles. The minimum Gasteiger partial charge on any atom is -0.462 e. The second-order valence-electron chi connectivity index (χ2n) is 12.3. The highest BCUT2D eigenvalue weighted by Crippen LogP contribution is 2.22. The molecule has 0 saturated heterocycles. The van der Waals surface area contributed by atoms with E-state index in [1.807, 2.05) is 0 Å². The number of esters is 1. The molecule has 2 heteroatoms. The molecule has 0 aromatic heterocycles. The molecule has 0 heterocycles. The number of carbonyl (C=O) groups excluding carboxylic acids is 1. The Morgan fingerprint density at radius 3 is 1.44 bits per heavy atom. The maximum atomic E-state index is 12.5. The maximum absolute atomic E-state index is 12.5. The zero-order valence-electron chi connectivity index (χ0n) is 25.7. The van der Waals surface area contributed by atoms with Crippen LogP contribution in [0.5, 0.6) is 0 Å². The van der Waals surface area contributed by atoms with Gasteiger partial charge in [0.1, 0.15) is 6.10 Å². The number of hydrogen-bond acceptors (Lipinski definition) is 2. The van der Waals surface area contributed by atoms with Crippen molar-refractivity contribution in [1.29, 1.82) is 0 Å². The van der Waals surface area contributed by atoms with E-state index in [2.05, 4.69) is 34.6 Å². The highest BCUT2D eigenvalue weighted by atomic mass is 16.5. The lowest BCUT2D eigenvalue weighted by Gasteiger charge is -2.22. The molecule has 0 aromatic rings. The first-order valence-electron chi connectivity index (χ1n) is 16.7. The summed E-state index contributed by atoms with van der Waals surface area (Å²) in [6.07, 6.45) is 32.0. The quantitative estimate of drug-likeness (QED) is 0.0775. The minimum absolute atomic E-state index is 0.0575. The van der Waals surface area contributed by atoms with Crippen molar-refractivity contribution >= 4 is 5.97 Å². The molecule has 0 amide bonds. The Hall–Kier alpha value is -0.530. The van der Waals surface area contributed by atoms with Gasteiger partial charge in [0.15, 0.2) is 0 Å². The molecule has 0 spiro atoms. The first kappa shape index (κ1) is 35.5. The molecular weight excluding hydrogens is 440 g/mol. The van der Waals surface area contributed by atoms with Crippen molar-refractivity contribution in [2.75, 3.05) is 0 Å². The van der Waals surface area contributed by atoms with Gasteiger partial charge in [0.05, 0.1) is 0 Å². The second-order valence-corrected chi connectivity index (χ2v) is 12.3. The Balaban J connectivity index is 3.83. The highest BCUT2D eigenvalue weighted by Gasteiger charge is 2.17. The zero-order valence-corrected chi connectivity index (χ0v) is 25.7. The Morgan fingerprint density at radius 1 is 0.528 bits per heavy atom. The Labute approximate surface area is 228 Å². The van der Waals surface area contributed by atoms with E-state index in [4.69, 9.17) is 4.74 Å². The summed E-state index contributed by atoms with van der Waals surface area (Å²) in [6, 6.07) is 0. The molecule has 2 unspecified atom stereocenters. The number of hydrogen-bond donors (Lipinski definition) is 0. The van der Waals surface area contributed by atoms with Crippen molar-refractivity contribution in [3.8, 4) is 0 Å². The summed E-state index contributed by atoms with van der Waals surface area (Å²) in [7, 11) is 0. The fraction of sp³-hybridized carbons (Fsp3) is 0.971. The summed E-state index contributed by atoms with van der Waals surface area (Å²) >= 11 is 0. The lowest BCUT2D eigenvalue weighted by molar-refractivity contribution is -0.150. The van der Waals surface area contributed by atoms with Crippen LogP contribution in [0.4, 0.5) is 0 Å². The SMILES string of the molecule is CCCCCCC(C)CC(CCCCCC)OC(=O)CCCCCCCCCCCCCCC(C)C. The Kier molecular flexibility index (Phi) is 27.1. The van der Waals surface area contributed by atoms with E-state index in [0.717, 1.165) is 25.2 Å². The van der Waals surface area contributed by atoms with Crippen LogP contribution < -0.4 is 0 Å². The van der Waals surface area contributed by atoms with Crippen molar-refractivity contribution < 1.29 is 9.53 Å². The summed E-state index contributed by atoms with van der Waals surface area (Å²) in [6.45, 7) is 11.5. The molecule has 216 valence electrons. The van der Waals surface area contributed by atoms with Gasteiger partial charge in [0.25, 0.3) is 0 Å². The van der Waals surface area contributed by atoms with Crippen molar-refractivity contribution in [3.63, 3.8) is 0 Å². The minimum atomic E-state index is 0.0575. The summed E-state index contributed by atoms with van der Waals surface area (Å²) in [5.41, 5.74) is 0. The second kappa shape index (κ2) is 27.5. The third-order valence-electron chi connectivity index (χ3n) is 7.81. The molecule has 0 aromatic carbocycles. The van der Waals surface area contributed by atoms with Gasteiger partial charge in [-0.3, -0.25) is 4.79 Å². The van der Waals surface area contributed by atoms with Gasteiger partial charge < -0.3 is 4.74 Å². The summed E-state index contributed by atoms with van der Waals surface area (Å²) in [5.74, 6) is 1.59. The van der Waals surface area contributed by atoms with Crippen LogP contribution in [-0.2, 0) is 9.53 Å². The lowest BCUT2D eigenvalue weighted by Crippen LogP contribution is -2.21. The Morgan fingerprint density at radius 2 is 0.944 bits per heavy atom. The van der Waals surface area contributed by atoms with Gasteiger partial charge in [-0.1, -0.05) is 163 Å². The predicted molar refractivity (Wildman–Crippen MR) is 161 cm³/mol. The van der Waals surface area contributed by atoms with Gasteiger partial charge in [-0.2, -0.15) is 0 Å². The lowest BCUT2D eigenvalue weighted by atomic mass is 9.94. The molecule has 0 aliphatic rings. The van der Waals surface area contributed by atoms with Crippen LogP contribution in [0.3, 0.4) is 0 Å². The van der Waals surface area contributed by atoms with E-state index >= 15 is 0 Å². The molecule has 36 heavy (non-hydrogen) atoms. The van der Waals surface area contributed by atoms with E-state index in [1.165, 1.54) is 135 Å². The monoisotopic (exact) mass is 509 g/mol. The Bertz CT molecular complexity index is 444. The largest absolute Gasteiger partial charge is 0.462 e. The van der Waals surface area contributed by atoms with Crippen LogP contribution >= 0.6 is 0 Å². The third kappa shape index (κ3) is 26.5. The summed E-state index contributed by atoms with van der Waals surface area (Å²) in [4.78, 5) is 12.5. The van der Waals surface area contributed by atoms with Gasteiger partial charge in [0, 0.05) is 6.42 Å². The predicted octanol–water partition coefficient (Wildman–Crippen LogP) is 12.0. The summed E-state index contributed by atoms with van der Waals surface area (Å²) in [5, 5.41) is 0. The molecule has 0 rings (SSSR count). The highest BCUT2D eigenvalue weighted by molar-refractivity contribution is 5.69. The molecule has 0 N–H and O–H groups in total. The third-order valence-corrected chi connectivity index (χ3v) is 7.81. The van der Waals surface area contributed by atoms with Crippen molar-refractivity contribution in [3.05, 3.63) is 0 Å². The fourth-order valence-corrected chi connectivity index (χ4v) is 5.34. The van der Waals surface area contributed by atoms with E-state index in [9.17, 15) is 4.79 Å². The molecular formula is C34H68O2. The molecule has 0 saturated carbocycles. The van der Waals surface area contributed by atoms with Crippen LogP contribution in [-0.4, -0.2) is 12.1 Å². The topological polar surface area (TPSA) is 26.3 Å². The van der Waals surface area contributed by atoms with Gasteiger partial charge in [-0.25, -0.2) is 0 Å². The van der Waals surface area contributed by atoms with Gasteiger partial charge in [-0.05, 0) is 37.5 Å². The molecule has 0 radical (unpaired) electrons. The van der Waals surface area contributed by atoms with Crippen molar-refractivity contribution in [2.45, 2.75) is 201 Å². The maximum Gasteiger partial charge on any atom is 0.306 e. The fourth-order valence-electron chi connectivity index (χ4n) is 5.34. The molecule has 2 atom stereocenters. The van der Waals surface area contributed by atoms with E-state index in [0.29, 0.717) is 12.3 Å². The number of carbonyl (C=O) groups is 1. The normalized spacial score (nSPS) is 13.3.